The van der Waals surface area contributed by atoms with Gasteiger partial charge < -0.3 is 0 Å². The summed E-state index contributed by atoms with van der Waals surface area (Å²) in [4.78, 5) is 25.6. The van der Waals surface area contributed by atoms with E-state index in [1.54, 1.807) is 0 Å². The molecule has 0 bridgehead atoms. The fourth-order valence-electron chi connectivity index (χ4n) is 9.33. The zero-order valence-electron chi connectivity index (χ0n) is 30.5. The summed E-state index contributed by atoms with van der Waals surface area (Å²) in [5.41, 5.74) is 7.47. The molecule has 0 saturated heterocycles. The predicted molar refractivity (Wildman–Crippen MR) is 232 cm³/mol. The third kappa shape index (κ3) is 4.50. The largest absolute Gasteiger partial charge is 0.278 e. The molecule has 8 heteroatoms. The Morgan fingerprint density at radius 3 is 1.32 bits per heavy atom. The van der Waals surface area contributed by atoms with Crippen LogP contribution in [0.5, 0.6) is 0 Å². The Kier molecular flexibility index (Phi) is 6.81. The van der Waals surface area contributed by atoms with Crippen molar-refractivity contribution >= 4 is 72.4 Å². The van der Waals surface area contributed by atoms with Crippen LogP contribution in [0, 0.1) is 0 Å². The van der Waals surface area contributed by atoms with Crippen LogP contribution in [-0.4, -0.2) is 42.1 Å². The second kappa shape index (κ2) is 12.2. The highest BCUT2D eigenvalue weighted by Crippen LogP contribution is 2.35. The van der Waals surface area contributed by atoms with Gasteiger partial charge in [-0.3, -0.25) is 19.1 Å². The molecule has 0 spiro atoms. The number of hydrogen-bond donors (Lipinski definition) is 0. The molecule has 6 heterocycles. The predicted octanol–water partition coefficient (Wildman–Crippen LogP) is 7.88. The van der Waals surface area contributed by atoms with Gasteiger partial charge in [0, 0.05) is 51.9 Å². The fourth-order valence-corrected chi connectivity index (χ4v) is 14.4. The molecule has 12 rings (SSSR count). The topological polar surface area (TPSA) is 74.3 Å². The Balaban J connectivity index is 1.16. The maximum atomic E-state index is 5.39. The highest BCUT2D eigenvalue weighted by atomic mass is 28.3. The van der Waals surface area contributed by atoms with Gasteiger partial charge in [0.2, 0.25) is 11.9 Å². The van der Waals surface area contributed by atoms with Crippen molar-refractivity contribution in [1.82, 2.24) is 34.1 Å². The molecule has 0 amide bonds. The number of para-hydroxylation sites is 4. The lowest BCUT2D eigenvalue weighted by Crippen LogP contribution is -2.73. The zero-order valence-corrected chi connectivity index (χ0v) is 31.5. The van der Waals surface area contributed by atoms with E-state index >= 15 is 0 Å². The zero-order chi connectivity index (χ0) is 37.5. The molecule has 0 saturated carbocycles. The second-order valence-corrected chi connectivity index (χ2v) is 18.3. The number of pyridine rings is 2. The van der Waals surface area contributed by atoms with Crippen LogP contribution >= 0.6 is 0 Å². The van der Waals surface area contributed by atoms with Crippen LogP contribution in [0.1, 0.15) is 0 Å². The van der Waals surface area contributed by atoms with Crippen molar-refractivity contribution in [3.8, 4) is 34.4 Å². The van der Waals surface area contributed by atoms with Crippen LogP contribution < -0.4 is 20.7 Å². The van der Waals surface area contributed by atoms with Crippen LogP contribution in [0.25, 0.3) is 78.0 Å². The van der Waals surface area contributed by atoms with Crippen molar-refractivity contribution in [2.45, 2.75) is 0 Å². The minimum absolute atomic E-state index is 0.555. The van der Waals surface area contributed by atoms with E-state index in [4.69, 9.17) is 24.9 Å². The van der Waals surface area contributed by atoms with E-state index in [1.807, 2.05) is 12.4 Å². The third-order valence-electron chi connectivity index (χ3n) is 11.7. The molecule has 0 radical (unpaired) electrons. The standard InChI is InChI=1S/C49H31N7Si/c1-2-14-33(15-3-1)57(45-30-50-27-25-39(45)40-26-28-51-31-46(40)57)34-16-12-13-32(29-34)47-52-48(55-41-21-8-4-17-35(41)36-18-5-9-22-42(36)55)54-49(53-47)56-43-23-10-6-19-37(43)38-20-7-11-24-44(38)56/h1-31H. The number of rotatable bonds is 5. The van der Waals surface area contributed by atoms with Crippen molar-refractivity contribution in [1.29, 1.82) is 0 Å². The first-order valence-electron chi connectivity index (χ1n) is 19.1. The summed E-state index contributed by atoms with van der Waals surface area (Å²) >= 11 is 0. The van der Waals surface area contributed by atoms with E-state index in [1.165, 1.54) is 31.9 Å². The highest BCUT2D eigenvalue weighted by Gasteiger charge is 2.49. The number of hydrogen-bond acceptors (Lipinski definition) is 5. The molecule has 1 aliphatic heterocycles. The van der Waals surface area contributed by atoms with Crippen LogP contribution in [0.3, 0.4) is 0 Å². The average Bonchev–Trinajstić information content (AvgIpc) is 3.91. The number of benzene rings is 6. The summed E-state index contributed by atoms with van der Waals surface area (Å²) in [5.74, 6) is 1.70. The monoisotopic (exact) mass is 745 g/mol. The minimum Gasteiger partial charge on any atom is -0.278 e. The maximum Gasteiger partial charge on any atom is 0.240 e. The molecular weight excluding hydrogens is 715 g/mol. The van der Waals surface area contributed by atoms with Gasteiger partial charge in [-0.15, -0.1) is 0 Å². The van der Waals surface area contributed by atoms with Crippen LogP contribution in [0.2, 0.25) is 0 Å². The molecule has 0 N–H and O–H groups in total. The fraction of sp³-hybridized carbons (Fsp3) is 0. The summed E-state index contributed by atoms with van der Waals surface area (Å²) < 4.78 is 4.36. The van der Waals surface area contributed by atoms with Crippen molar-refractivity contribution in [3.63, 3.8) is 0 Å². The quantitative estimate of drug-likeness (QED) is 0.168. The van der Waals surface area contributed by atoms with Crippen LogP contribution in [0.15, 0.2) is 189 Å². The first-order chi connectivity index (χ1) is 28.3. The van der Waals surface area contributed by atoms with Crippen molar-refractivity contribution in [3.05, 3.63) is 189 Å². The Morgan fingerprint density at radius 2 is 0.825 bits per heavy atom. The summed E-state index contributed by atoms with van der Waals surface area (Å²) in [5, 5.41) is 9.58. The molecule has 0 fully saturated rings. The maximum absolute atomic E-state index is 5.39. The summed E-state index contributed by atoms with van der Waals surface area (Å²) in [6.45, 7) is 0. The van der Waals surface area contributed by atoms with E-state index in [0.717, 1.165) is 49.2 Å². The van der Waals surface area contributed by atoms with Gasteiger partial charge in [-0.25, -0.2) is 0 Å². The molecule has 5 aromatic heterocycles. The van der Waals surface area contributed by atoms with E-state index < -0.39 is 8.07 Å². The lowest BCUT2D eigenvalue weighted by molar-refractivity contribution is 0.893. The van der Waals surface area contributed by atoms with Gasteiger partial charge in [-0.1, -0.05) is 127 Å². The molecular formula is C49H31N7Si. The van der Waals surface area contributed by atoms with Crippen LogP contribution in [-0.2, 0) is 0 Å². The lowest BCUT2D eigenvalue weighted by atomic mass is 10.1. The molecule has 0 unspecified atom stereocenters. The lowest BCUT2D eigenvalue weighted by Gasteiger charge is -2.30. The van der Waals surface area contributed by atoms with Gasteiger partial charge in [-0.05, 0) is 68.3 Å². The molecule has 6 aromatic carbocycles. The molecule has 0 aliphatic carbocycles. The summed E-state index contributed by atoms with van der Waals surface area (Å²) in [6, 6.07) is 57.9. The van der Waals surface area contributed by atoms with Crippen molar-refractivity contribution in [2.24, 2.45) is 0 Å². The average molecular weight is 746 g/mol. The molecule has 11 aromatic rings. The second-order valence-electron chi connectivity index (χ2n) is 14.5. The van der Waals surface area contributed by atoms with E-state index in [9.17, 15) is 0 Å². The van der Waals surface area contributed by atoms with E-state index in [0.29, 0.717) is 17.7 Å². The smallest absolute Gasteiger partial charge is 0.240 e. The SMILES string of the molecule is c1ccc([Si]2(c3cccc(-c4nc(-n5c6ccccc6c6ccccc65)nc(-n5c6ccccc6c6ccccc65)n4)c3)c3cnccc3-c3ccncc32)cc1. The highest BCUT2D eigenvalue weighted by molar-refractivity contribution is 7.22. The molecule has 57 heavy (non-hydrogen) atoms. The van der Waals surface area contributed by atoms with Crippen LogP contribution in [0.4, 0.5) is 0 Å². The normalized spacial score (nSPS) is 13.1. The summed E-state index contributed by atoms with van der Waals surface area (Å²) in [7, 11) is -2.88. The van der Waals surface area contributed by atoms with Gasteiger partial charge in [0.15, 0.2) is 13.9 Å². The molecule has 7 nitrogen and oxygen atoms in total. The third-order valence-corrected chi connectivity index (χ3v) is 16.5. The van der Waals surface area contributed by atoms with Gasteiger partial charge in [0.25, 0.3) is 0 Å². The molecule has 266 valence electrons. The number of nitrogens with zero attached hydrogens (tertiary/aromatic N) is 7. The number of aromatic nitrogens is 7. The Labute approximate surface area is 328 Å². The Morgan fingerprint density at radius 1 is 0.386 bits per heavy atom. The Bertz CT molecular complexity index is 3100. The first kappa shape index (κ1) is 31.8. The van der Waals surface area contributed by atoms with Gasteiger partial charge in [0.1, 0.15) is 0 Å². The van der Waals surface area contributed by atoms with Crippen molar-refractivity contribution in [2.75, 3.05) is 0 Å². The minimum atomic E-state index is -2.88. The number of fused-ring (bicyclic) bond motifs is 9. The van der Waals surface area contributed by atoms with Gasteiger partial charge >= 0.3 is 0 Å². The summed E-state index contributed by atoms with van der Waals surface area (Å²) in [6.07, 6.45) is 7.94. The van der Waals surface area contributed by atoms with Gasteiger partial charge in [-0.2, -0.15) is 15.0 Å². The van der Waals surface area contributed by atoms with E-state index in [-0.39, 0.29) is 0 Å². The molecule has 1 aliphatic rings. The van der Waals surface area contributed by atoms with Gasteiger partial charge in [0.05, 0.1) is 22.1 Å². The first-order valence-corrected chi connectivity index (χ1v) is 21.1. The van der Waals surface area contributed by atoms with Crippen molar-refractivity contribution < 1.29 is 0 Å². The molecule has 0 atom stereocenters. The Hall–Kier alpha value is -7.55. The van der Waals surface area contributed by atoms with E-state index in [2.05, 4.69) is 185 Å².